The fraction of sp³-hybridized carbons (Fsp3) is 0.263. The molecule has 6 heteroatoms. The molecule has 1 N–H and O–H groups in total. The zero-order chi connectivity index (χ0) is 17.9. The lowest BCUT2D eigenvalue weighted by Gasteiger charge is -2.05. The quantitative estimate of drug-likeness (QED) is 0.417. The number of carbonyl (C=O) groups excluding carboxylic acids is 1. The number of hydrogen-bond donors (Lipinski definition) is 1. The molecule has 0 aromatic heterocycles. The smallest absolute Gasteiger partial charge is 0.277 e. The first-order valence-electron chi connectivity index (χ1n) is 8.10. The molecule has 0 atom stereocenters. The van der Waals surface area contributed by atoms with Crippen LogP contribution in [0.3, 0.4) is 0 Å². The Morgan fingerprint density at radius 1 is 1.16 bits per heavy atom. The Hall–Kier alpha value is -2.53. The molecule has 2 rings (SSSR count). The van der Waals surface area contributed by atoms with Gasteiger partial charge in [-0.15, -0.1) is 0 Å². The number of amides is 1. The number of nitrogens with one attached hydrogen (secondary N) is 1. The number of unbranched alkanes of at least 4 members (excludes halogenated alkanes) is 1. The summed E-state index contributed by atoms with van der Waals surface area (Å²) >= 11 is 5.85. The highest BCUT2D eigenvalue weighted by Gasteiger charge is 2.01. The number of rotatable bonds is 9. The van der Waals surface area contributed by atoms with Gasteiger partial charge in [0.25, 0.3) is 5.91 Å². The minimum atomic E-state index is -0.351. The van der Waals surface area contributed by atoms with Gasteiger partial charge in [-0.2, -0.15) is 5.10 Å². The fourth-order valence-electron chi connectivity index (χ4n) is 1.90. The lowest BCUT2D eigenvalue weighted by atomic mass is 10.2. The van der Waals surface area contributed by atoms with Gasteiger partial charge >= 0.3 is 0 Å². The molecule has 0 aliphatic carbocycles. The summed E-state index contributed by atoms with van der Waals surface area (Å²) in [5.41, 5.74) is 3.27. The van der Waals surface area contributed by atoms with Crippen LogP contribution in [-0.2, 0) is 4.79 Å². The molecule has 0 fully saturated rings. The van der Waals surface area contributed by atoms with Gasteiger partial charge in [0.15, 0.2) is 6.61 Å². The number of carbonyl (C=O) groups is 1. The van der Waals surface area contributed by atoms with Gasteiger partial charge in [0, 0.05) is 5.02 Å². The van der Waals surface area contributed by atoms with E-state index < -0.39 is 0 Å². The van der Waals surface area contributed by atoms with E-state index in [1.807, 2.05) is 24.3 Å². The summed E-state index contributed by atoms with van der Waals surface area (Å²) in [6, 6.07) is 14.4. The standard InChI is InChI=1S/C19H21ClN2O3/c1-2-3-11-24-17-9-7-15(8-10-17)13-21-22-19(23)14-25-18-6-4-5-16(20)12-18/h4-10,12-13H,2-3,11,14H2,1H3,(H,22,23)/b21-13+. The molecular formula is C19H21ClN2O3. The Morgan fingerprint density at radius 3 is 2.68 bits per heavy atom. The van der Waals surface area contributed by atoms with Crippen molar-refractivity contribution in [1.82, 2.24) is 5.43 Å². The maximum Gasteiger partial charge on any atom is 0.277 e. The van der Waals surface area contributed by atoms with Crippen molar-refractivity contribution in [3.05, 3.63) is 59.1 Å². The predicted molar refractivity (Wildman–Crippen MR) is 99.5 cm³/mol. The maximum atomic E-state index is 11.7. The third-order valence-electron chi connectivity index (χ3n) is 3.22. The first kappa shape index (κ1) is 18.8. The summed E-state index contributed by atoms with van der Waals surface area (Å²) in [4.78, 5) is 11.7. The zero-order valence-electron chi connectivity index (χ0n) is 14.1. The van der Waals surface area contributed by atoms with Gasteiger partial charge in [0.05, 0.1) is 12.8 Å². The maximum absolute atomic E-state index is 11.7. The molecule has 2 aromatic carbocycles. The number of halogens is 1. The summed E-state index contributed by atoms with van der Waals surface area (Å²) in [7, 11) is 0. The van der Waals surface area contributed by atoms with E-state index >= 15 is 0 Å². The van der Waals surface area contributed by atoms with Crippen molar-refractivity contribution in [2.24, 2.45) is 5.10 Å². The van der Waals surface area contributed by atoms with E-state index in [9.17, 15) is 4.79 Å². The summed E-state index contributed by atoms with van der Waals surface area (Å²) < 4.78 is 10.9. The Kier molecular flexibility index (Phi) is 7.79. The van der Waals surface area contributed by atoms with Crippen LogP contribution in [0.1, 0.15) is 25.3 Å². The van der Waals surface area contributed by atoms with Crippen molar-refractivity contribution in [3.63, 3.8) is 0 Å². The normalized spacial score (nSPS) is 10.6. The molecule has 0 aliphatic rings. The molecule has 0 radical (unpaired) electrons. The second-order valence-corrected chi connectivity index (χ2v) is 5.75. The number of hydrazone groups is 1. The minimum Gasteiger partial charge on any atom is -0.494 e. The van der Waals surface area contributed by atoms with E-state index in [-0.39, 0.29) is 12.5 Å². The van der Waals surface area contributed by atoms with E-state index in [0.717, 1.165) is 24.2 Å². The molecule has 0 bridgehead atoms. The second-order valence-electron chi connectivity index (χ2n) is 5.31. The molecule has 0 unspecified atom stereocenters. The largest absolute Gasteiger partial charge is 0.494 e. The molecule has 0 heterocycles. The Labute approximate surface area is 152 Å². The highest BCUT2D eigenvalue weighted by molar-refractivity contribution is 6.30. The lowest BCUT2D eigenvalue weighted by molar-refractivity contribution is -0.123. The first-order valence-corrected chi connectivity index (χ1v) is 8.48. The minimum absolute atomic E-state index is 0.137. The van der Waals surface area contributed by atoms with Crippen LogP contribution >= 0.6 is 11.6 Å². The Balaban J connectivity index is 1.73. The van der Waals surface area contributed by atoms with E-state index in [4.69, 9.17) is 21.1 Å². The second kappa shape index (κ2) is 10.4. The topological polar surface area (TPSA) is 59.9 Å². The van der Waals surface area contributed by atoms with Crippen LogP contribution in [0.5, 0.6) is 11.5 Å². The third kappa shape index (κ3) is 7.27. The van der Waals surface area contributed by atoms with E-state index in [1.165, 1.54) is 0 Å². The van der Waals surface area contributed by atoms with Gasteiger partial charge < -0.3 is 9.47 Å². The number of nitrogens with zero attached hydrogens (tertiary/aromatic N) is 1. The van der Waals surface area contributed by atoms with Crippen LogP contribution in [0.25, 0.3) is 0 Å². The van der Waals surface area contributed by atoms with Gasteiger partial charge in [-0.1, -0.05) is 31.0 Å². The van der Waals surface area contributed by atoms with Crippen molar-refractivity contribution < 1.29 is 14.3 Å². The third-order valence-corrected chi connectivity index (χ3v) is 3.45. The molecule has 5 nitrogen and oxygen atoms in total. The first-order chi connectivity index (χ1) is 12.2. The van der Waals surface area contributed by atoms with Gasteiger partial charge in [0.2, 0.25) is 0 Å². The van der Waals surface area contributed by atoms with Crippen LogP contribution in [0.15, 0.2) is 53.6 Å². The van der Waals surface area contributed by atoms with E-state index in [0.29, 0.717) is 17.4 Å². The molecule has 0 saturated heterocycles. The molecular weight excluding hydrogens is 340 g/mol. The highest BCUT2D eigenvalue weighted by Crippen LogP contribution is 2.16. The van der Waals surface area contributed by atoms with Crippen molar-refractivity contribution >= 4 is 23.7 Å². The SMILES string of the molecule is CCCCOc1ccc(/C=N/NC(=O)COc2cccc(Cl)c2)cc1. The lowest BCUT2D eigenvalue weighted by Crippen LogP contribution is -2.24. The van der Waals surface area contributed by atoms with Crippen LogP contribution < -0.4 is 14.9 Å². The molecule has 25 heavy (non-hydrogen) atoms. The molecule has 132 valence electrons. The fourth-order valence-corrected chi connectivity index (χ4v) is 2.08. The molecule has 0 spiro atoms. The number of benzene rings is 2. The average Bonchev–Trinajstić information content (AvgIpc) is 2.62. The summed E-state index contributed by atoms with van der Waals surface area (Å²) in [5, 5.41) is 4.46. The Morgan fingerprint density at radius 2 is 1.96 bits per heavy atom. The highest BCUT2D eigenvalue weighted by atomic mass is 35.5. The van der Waals surface area contributed by atoms with Crippen LogP contribution in [0.2, 0.25) is 5.02 Å². The summed E-state index contributed by atoms with van der Waals surface area (Å²) in [5.74, 6) is 1.01. The number of ether oxygens (including phenoxy) is 2. The van der Waals surface area contributed by atoms with E-state index in [1.54, 1.807) is 30.5 Å². The average molecular weight is 361 g/mol. The van der Waals surface area contributed by atoms with Crippen molar-refractivity contribution in [3.8, 4) is 11.5 Å². The van der Waals surface area contributed by atoms with Crippen molar-refractivity contribution in [2.45, 2.75) is 19.8 Å². The van der Waals surface area contributed by atoms with Crippen LogP contribution in [0.4, 0.5) is 0 Å². The van der Waals surface area contributed by atoms with Crippen LogP contribution in [-0.4, -0.2) is 25.3 Å². The van der Waals surface area contributed by atoms with Crippen molar-refractivity contribution in [2.75, 3.05) is 13.2 Å². The van der Waals surface area contributed by atoms with Gasteiger partial charge in [-0.05, 0) is 54.4 Å². The summed E-state index contributed by atoms with van der Waals surface area (Å²) in [6.07, 6.45) is 3.70. The molecule has 0 saturated carbocycles. The Bertz CT molecular complexity index is 702. The van der Waals surface area contributed by atoms with Gasteiger partial charge in [-0.25, -0.2) is 5.43 Å². The summed E-state index contributed by atoms with van der Waals surface area (Å²) in [6.45, 7) is 2.70. The monoisotopic (exact) mass is 360 g/mol. The predicted octanol–water partition coefficient (Wildman–Crippen LogP) is 4.05. The van der Waals surface area contributed by atoms with Gasteiger partial charge in [0.1, 0.15) is 11.5 Å². The zero-order valence-corrected chi connectivity index (χ0v) is 14.8. The molecule has 0 aliphatic heterocycles. The van der Waals surface area contributed by atoms with Crippen LogP contribution in [0, 0.1) is 0 Å². The van der Waals surface area contributed by atoms with Gasteiger partial charge in [-0.3, -0.25) is 4.79 Å². The van der Waals surface area contributed by atoms with Crippen molar-refractivity contribution in [1.29, 1.82) is 0 Å². The molecule has 1 amide bonds. The molecule has 2 aromatic rings. The van der Waals surface area contributed by atoms with E-state index in [2.05, 4.69) is 17.5 Å². The number of hydrogen-bond acceptors (Lipinski definition) is 4.